The number of carboxylic acid groups (broad SMARTS) is 1. The number of nitrogens with one attached hydrogen (secondary N) is 1. The fourth-order valence-corrected chi connectivity index (χ4v) is 2.37. The van der Waals surface area contributed by atoms with Crippen molar-refractivity contribution in [3.63, 3.8) is 0 Å². The molecule has 2 rings (SSSR count). The molecule has 5 nitrogen and oxygen atoms in total. The highest BCUT2D eigenvalue weighted by Crippen LogP contribution is 2.24. The Morgan fingerprint density at radius 2 is 2.10 bits per heavy atom. The maximum Gasteiger partial charge on any atom is 0.313 e. The number of carbonyl (C=O) groups excluding carboxylic acids is 1. The minimum Gasteiger partial charge on any atom is -0.481 e. The number of aromatic nitrogens is 1. The van der Waals surface area contributed by atoms with E-state index in [4.69, 9.17) is 5.11 Å². The molecule has 0 aliphatic heterocycles. The van der Waals surface area contributed by atoms with Crippen LogP contribution in [-0.4, -0.2) is 33.5 Å². The van der Waals surface area contributed by atoms with Crippen molar-refractivity contribution in [3.05, 3.63) is 36.0 Å². The van der Waals surface area contributed by atoms with E-state index in [9.17, 15) is 9.59 Å². The molecular formula is C14H14N2O3S. The Morgan fingerprint density at radius 3 is 2.85 bits per heavy atom. The molecule has 2 N–H and O–H groups in total. The highest BCUT2D eigenvalue weighted by Gasteiger charge is 2.08. The van der Waals surface area contributed by atoms with Crippen LogP contribution in [0.15, 0.2) is 30.5 Å². The maximum absolute atomic E-state index is 11.8. The number of rotatable bonds is 5. The summed E-state index contributed by atoms with van der Waals surface area (Å²) in [7, 11) is 0. The predicted molar refractivity (Wildman–Crippen MR) is 80.1 cm³/mol. The number of aryl methyl sites for hydroxylation is 1. The van der Waals surface area contributed by atoms with E-state index < -0.39 is 5.97 Å². The van der Waals surface area contributed by atoms with Gasteiger partial charge in [0.05, 0.1) is 22.7 Å². The smallest absolute Gasteiger partial charge is 0.313 e. The summed E-state index contributed by atoms with van der Waals surface area (Å²) in [6, 6.07) is 7.44. The van der Waals surface area contributed by atoms with Gasteiger partial charge >= 0.3 is 5.97 Å². The van der Waals surface area contributed by atoms with Crippen LogP contribution in [0, 0.1) is 6.92 Å². The van der Waals surface area contributed by atoms with Crippen LogP contribution >= 0.6 is 11.8 Å². The molecule has 1 amide bonds. The zero-order valence-electron chi connectivity index (χ0n) is 10.9. The maximum atomic E-state index is 11.8. The summed E-state index contributed by atoms with van der Waals surface area (Å²) < 4.78 is 0. The summed E-state index contributed by atoms with van der Waals surface area (Å²) in [4.78, 5) is 26.5. The van der Waals surface area contributed by atoms with Gasteiger partial charge in [-0.1, -0.05) is 6.07 Å². The van der Waals surface area contributed by atoms with E-state index in [0.717, 1.165) is 28.2 Å². The fourth-order valence-electron chi connectivity index (χ4n) is 1.84. The lowest BCUT2D eigenvalue weighted by Gasteiger charge is -2.09. The monoisotopic (exact) mass is 290 g/mol. The highest BCUT2D eigenvalue weighted by molar-refractivity contribution is 8.00. The molecule has 0 atom stereocenters. The minimum absolute atomic E-state index is 0.0797. The van der Waals surface area contributed by atoms with Crippen LogP contribution in [0.2, 0.25) is 0 Å². The first kappa shape index (κ1) is 14.3. The fraction of sp³-hybridized carbons (Fsp3) is 0.214. The summed E-state index contributed by atoms with van der Waals surface area (Å²) in [5.74, 6) is -1.11. The van der Waals surface area contributed by atoms with Crippen molar-refractivity contribution in [2.75, 3.05) is 16.8 Å². The molecule has 2 aromatic rings. The summed E-state index contributed by atoms with van der Waals surface area (Å²) in [6.07, 6.45) is 1.71. The third-order valence-corrected chi connectivity index (χ3v) is 3.62. The van der Waals surface area contributed by atoms with Crippen LogP contribution in [0.5, 0.6) is 0 Å². The van der Waals surface area contributed by atoms with Crippen molar-refractivity contribution in [1.29, 1.82) is 0 Å². The van der Waals surface area contributed by atoms with Crippen LogP contribution in [-0.2, 0) is 9.59 Å². The number of nitrogens with zero attached hydrogens (tertiary/aromatic N) is 1. The van der Waals surface area contributed by atoms with Gasteiger partial charge in [0.1, 0.15) is 0 Å². The Morgan fingerprint density at radius 1 is 1.30 bits per heavy atom. The van der Waals surface area contributed by atoms with Crippen LogP contribution in [0.3, 0.4) is 0 Å². The molecule has 1 aromatic carbocycles. The molecule has 0 saturated carbocycles. The Hall–Kier alpha value is -2.08. The summed E-state index contributed by atoms with van der Waals surface area (Å²) in [5, 5.41) is 12.2. The first-order valence-corrected chi connectivity index (χ1v) is 7.17. The quantitative estimate of drug-likeness (QED) is 0.883. The van der Waals surface area contributed by atoms with E-state index in [-0.39, 0.29) is 17.4 Å². The third kappa shape index (κ3) is 3.48. The van der Waals surface area contributed by atoms with E-state index in [2.05, 4.69) is 10.3 Å². The number of hydrogen-bond acceptors (Lipinski definition) is 4. The molecule has 104 valence electrons. The standard InChI is InChI=1S/C14H14N2O3S/c1-9-4-5-11(10-3-2-6-15-14(9)10)16-12(17)7-20-8-13(18)19/h2-6H,7-8H2,1H3,(H,16,17)(H,18,19). The number of benzene rings is 1. The van der Waals surface area contributed by atoms with E-state index >= 15 is 0 Å². The molecule has 0 fully saturated rings. The van der Waals surface area contributed by atoms with Gasteiger partial charge in [0.2, 0.25) is 5.91 Å². The Balaban J connectivity index is 2.12. The average molecular weight is 290 g/mol. The molecule has 0 aliphatic carbocycles. The second-order valence-electron chi connectivity index (χ2n) is 4.26. The number of amides is 1. The number of anilines is 1. The van der Waals surface area contributed by atoms with Gasteiger partial charge in [-0.2, -0.15) is 0 Å². The lowest BCUT2D eigenvalue weighted by molar-refractivity contribution is -0.133. The van der Waals surface area contributed by atoms with Gasteiger partial charge < -0.3 is 10.4 Å². The number of carboxylic acids is 1. The van der Waals surface area contributed by atoms with Crippen molar-refractivity contribution in [2.45, 2.75) is 6.92 Å². The van der Waals surface area contributed by atoms with E-state index in [1.165, 1.54) is 0 Å². The van der Waals surface area contributed by atoms with Crippen LogP contribution in [0.25, 0.3) is 10.9 Å². The van der Waals surface area contributed by atoms with Gasteiger partial charge in [0.15, 0.2) is 0 Å². The van der Waals surface area contributed by atoms with Crippen molar-refractivity contribution in [1.82, 2.24) is 4.98 Å². The number of hydrogen-bond donors (Lipinski definition) is 2. The van der Waals surface area contributed by atoms with Crippen LogP contribution in [0.4, 0.5) is 5.69 Å². The van der Waals surface area contributed by atoms with Gasteiger partial charge in [-0.05, 0) is 30.7 Å². The molecule has 1 heterocycles. The summed E-state index contributed by atoms with van der Waals surface area (Å²) in [6.45, 7) is 1.96. The topological polar surface area (TPSA) is 79.3 Å². The number of thioether (sulfide) groups is 1. The van der Waals surface area contributed by atoms with Gasteiger partial charge in [-0.15, -0.1) is 11.8 Å². The van der Waals surface area contributed by atoms with E-state index in [1.54, 1.807) is 6.20 Å². The minimum atomic E-state index is -0.923. The summed E-state index contributed by atoms with van der Waals surface area (Å²) in [5.41, 5.74) is 2.59. The molecule has 20 heavy (non-hydrogen) atoms. The molecule has 0 aliphatic rings. The largest absolute Gasteiger partial charge is 0.481 e. The van der Waals surface area contributed by atoms with Crippen LogP contribution < -0.4 is 5.32 Å². The second kappa shape index (κ2) is 6.38. The van der Waals surface area contributed by atoms with E-state index in [1.807, 2.05) is 31.2 Å². The summed E-state index contributed by atoms with van der Waals surface area (Å²) >= 11 is 1.07. The van der Waals surface area contributed by atoms with Gasteiger partial charge in [0.25, 0.3) is 0 Å². The number of fused-ring (bicyclic) bond motifs is 1. The Kier molecular flexibility index (Phi) is 4.57. The number of pyridine rings is 1. The molecule has 0 spiro atoms. The number of aliphatic carboxylic acids is 1. The Labute approximate surface area is 120 Å². The predicted octanol–water partition coefficient (Wildman–Crippen LogP) is 2.30. The van der Waals surface area contributed by atoms with Crippen molar-refractivity contribution in [3.8, 4) is 0 Å². The first-order chi connectivity index (χ1) is 9.58. The van der Waals surface area contributed by atoms with Gasteiger partial charge in [-0.25, -0.2) is 0 Å². The first-order valence-electron chi connectivity index (χ1n) is 6.01. The molecule has 0 unspecified atom stereocenters. The molecule has 0 bridgehead atoms. The van der Waals surface area contributed by atoms with Crippen molar-refractivity contribution >= 4 is 40.2 Å². The van der Waals surface area contributed by atoms with Crippen molar-refractivity contribution in [2.24, 2.45) is 0 Å². The van der Waals surface area contributed by atoms with E-state index in [0.29, 0.717) is 5.69 Å². The zero-order valence-corrected chi connectivity index (χ0v) is 11.7. The molecular weight excluding hydrogens is 276 g/mol. The third-order valence-electron chi connectivity index (χ3n) is 2.70. The molecule has 0 radical (unpaired) electrons. The van der Waals surface area contributed by atoms with Crippen LogP contribution in [0.1, 0.15) is 5.56 Å². The normalized spacial score (nSPS) is 10.4. The van der Waals surface area contributed by atoms with Gasteiger partial charge in [0, 0.05) is 11.6 Å². The Bertz CT molecular complexity index is 658. The SMILES string of the molecule is Cc1ccc(NC(=O)CSCC(=O)O)c2cccnc12. The number of carbonyl (C=O) groups is 2. The zero-order chi connectivity index (χ0) is 14.5. The second-order valence-corrected chi connectivity index (χ2v) is 5.25. The highest BCUT2D eigenvalue weighted by atomic mass is 32.2. The van der Waals surface area contributed by atoms with Gasteiger partial charge in [-0.3, -0.25) is 14.6 Å². The molecule has 1 aromatic heterocycles. The van der Waals surface area contributed by atoms with Crippen molar-refractivity contribution < 1.29 is 14.7 Å². The molecule has 0 saturated heterocycles. The average Bonchev–Trinajstić information content (AvgIpc) is 2.42. The molecule has 6 heteroatoms. The lowest BCUT2D eigenvalue weighted by Crippen LogP contribution is -2.15. The lowest BCUT2D eigenvalue weighted by atomic mass is 10.1.